The minimum absolute atomic E-state index is 0.175. The lowest BCUT2D eigenvalue weighted by Gasteiger charge is -2.70. The molecule has 11 heteroatoms. The zero-order valence-corrected chi connectivity index (χ0v) is 27.1. The van der Waals surface area contributed by atoms with Gasteiger partial charge in [-0.1, -0.05) is 25.1 Å². The van der Waals surface area contributed by atoms with Crippen LogP contribution in [0.1, 0.15) is 37.0 Å². The Kier molecular flexibility index (Phi) is 7.75. The number of rotatable bonds is 10. The number of hydrogen-bond acceptors (Lipinski definition) is 11. The molecular weight excluding hydrogens is 582 g/mol. The van der Waals surface area contributed by atoms with Gasteiger partial charge in [-0.05, 0) is 37.9 Å². The summed E-state index contributed by atoms with van der Waals surface area (Å²) < 4.78 is 38.1. The van der Waals surface area contributed by atoms with Crippen molar-refractivity contribution in [3.05, 3.63) is 35.9 Å². The molecule has 0 radical (unpaired) electrons. The second kappa shape index (κ2) is 10.9. The number of carbonyl (C=O) groups is 1. The Morgan fingerprint density at radius 2 is 1.73 bits per heavy atom. The molecule has 1 spiro atoms. The van der Waals surface area contributed by atoms with Gasteiger partial charge in [-0.15, -0.1) is 0 Å². The van der Waals surface area contributed by atoms with Crippen LogP contribution in [0, 0.1) is 34.5 Å². The first-order valence-corrected chi connectivity index (χ1v) is 16.4. The van der Waals surface area contributed by atoms with Gasteiger partial charge in [0.1, 0.15) is 29.5 Å². The van der Waals surface area contributed by atoms with Crippen LogP contribution in [0.5, 0.6) is 0 Å². The Bertz CT molecular complexity index is 1280. The highest BCUT2D eigenvalue weighted by atomic mass is 16.6. The number of benzene rings is 1. The van der Waals surface area contributed by atoms with Crippen molar-refractivity contribution in [1.82, 2.24) is 4.90 Å². The van der Waals surface area contributed by atoms with Gasteiger partial charge in [0, 0.05) is 82.6 Å². The second-order valence-corrected chi connectivity index (χ2v) is 14.3. The fraction of sp³-hybridized carbons (Fsp3) is 0.794. The molecule has 15 atom stereocenters. The molecule has 1 heterocycles. The highest BCUT2D eigenvalue weighted by Crippen LogP contribution is 2.80. The minimum atomic E-state index is -1.71. The lowest BCUT2D eigenvalue weighted by atomic mass is 9.42. The number of esters is 1. The molecule has 1 aliphatic heterocycles. The number of carbonyl (C=O) groups excluding carboxylic acids is 1. The van der Waals surface area contributed by atoms with E-state index in [2.05, 4.69) is 11.8 Å². The average molecular weight is 632 g/mol. The maximum atomic E-state index is 13.8. The highest BCUT2D eigenvalue weighted by molar-refractivity contribution is 5.89. The van der Waals surface area contributed by atoms with Crippen LogP contribution < -0.4 is 0 Å². The van der Waals surface area contributed by atoms with Crippen molar-refractivity contribution in [1.29, 1.82) is 0 Å². The van der Waals surface area contributed by atoms with E-state index in [4.69, 9.17) is 28.4 Å². The lowest BCUT2D eigenvalue weighted by Crippen LogP contribution is -2.81. The number of hydrogen-bond donors (Lipinski definition) is 3. The number of aliphatic hydroxyl groups is 3. The molecular formula is C34H49NO10. The van der Waals surface area contributed by atoms with Gasteiger partial charge in [-0.2, -0.15) is 0 Å². The van der Waals surface area contributed by atoms with Crippen molar-refractivity contribution in [3.8, 4) is 0 Å². The third-order valence-electron chi connectivity index (χ3n) is 13.2. The topological polar surface area (TPSA) is 136 Å². The van der Waals surface area contributed by atoms with Crippen LogP contribution in [0.4, 0.5) is 0 Å². The predicted octanol–water partition coefficient (Wildman–Crippen LogP) is 1.12. The quantitative estimate of drug-likeness (QED) is 0.321. The van der Waals surface area contributed by atoms with E-state index in [1.54, 1.807) is 45.6 Å². The van der Waals surface area contributed by atoms with Gasteiger partial charge in [-0.25, -0.2) is 4.79 Å². The Hall–Kier alpha value is -1.67. The molecule has 0 unspecified atom stereocenters. The summed E-state index contributed by atoms with van der Waals surface area (Å²) in [7, 11) is 6.53. The first kappa shape index (κ1) is 31.9. The number of piperidine rings is 1. The number of aliphatic hydroxyl groups excluding tert-OH is 2. The van der Waals surface area contributed by atoms with Crippen LogP contribution >= 0.6 is 0 Å². The lowest BCUT2D eigenvalue weighted by molar-refractivity contribution is -0.330. The van der Waals surface area contributed by atoms with E-state index < -0.39 is 76.5 Å². The van der Waals surface area contributed by atoms with E-state index in [-0.39, 0.29) is 30.9 Å². The monoisotopic (exact) mass is 631 g/mol. The van der Waals surface area contributed by atoms with Crippen molar-refractivity contribution < 1.29 is 48.5 Å². The minimum Gasteiger partial charge on any atom is -0.455 e. The van der Waals surface area contributed by atoms with Gasteiger partial charge in [0.2, 0.25) is 0 Å². The largest absolute Gasteiger partial charge is 0.455 e. The van der Waals surface area contributed by atoms with Gasteiger partial charge in [0.15, 0.2) is 0 Å². The van der Waals surface area contributed by atoms with Crippen molar-refractivity contribution in [3.63, 3.8) is 0 Å². The molecule has 5 saturated carbocycles. The van der Waals surface area contributed by atoms with Crippen molar-refractivity contribution in [2.45, 2.75) is 80.6 Å². The molecule has 0 amide bonds. The maximum Gasteiger partial charge on any atom is 0.338 e. The van der Waals surface area contributed by atoms with Gasteiger partial charge in [-0.3, -0.25) is 4.90 Å². The predicted molar refractivity (Wildman–Crippen MR) is 160 cm³/mol. The number of ether oxygens (including phenoxy) is 6. The normalized spacial score (nSPS) is 50.9. The molecule has 1 saturated heterocycles. The van der Waals surface area contributed by atoms with Crippen LogP contribution in [0.15, 0.2) is 30.3 Å². The van der Waals surface area contributed by atoms with Gasteiger partial charge >= 0.3 is 5.97 Å². The zero-order chi connectivity index (χ0) is 32.1. The molecule has 6 aliphatic rings. The summed E-state index contributed by atoms with van der Waals surface area (Å²) in [5.74, 6) is -2.18. The van der Waals surface area contributed by atoms with E-state index >= 15 is 0 Å². The van der Waals surface area contributed by atoms with E-state index in [1.807, 2.05) is 13.0 Å². The van der Waals surface area contributed by atoms with Crippen LogP contribution in [0.3, 0.4) is 0 Å². The van der Waals surface area contributed by atoms with Crippen LogP contribution in [-0.4, -0.2) is 135 Å². The molecule has 45 heavy (non-hydrogen) atoms. The Morgan fingerprint density at radius 3 is 2.33 bits per heavy atom. The molecule has 5 aliphatic carbocycles. The van der Waals surface area contributed by atoms with Crippen LogP contribution in [-0.2, 0) is 28.4 Å². The van der Waals surface area contributed by atoms with E-state index in [1.165, 1.54) is 7.11 Å². The summed E-state index contributed by atoms with van der Waals surface area (Å²) in [6, 6.07) is 8.57. The van der Waals surface area contributed by atoms with Crippen molar-refractivity contribution >= 4 is 5.97 Å². The molecule has 11 nitrogen and oxygen atoms in total. The molecule has 1 aromatic rings. The molecule has 7 bridgehead atoms. The fourth-order valence-corrected chi connectivity index (χ4v) is 12.4. The summed E-state index contributed by atoms with van der Waals surface area (Å²) in [6.45, 7) is 5.86. The molecule has 250 valence electrons. The first-order valence-electron chi connectivity index (χ1n) is 16.4. The third-order valence-corrected chi connectivity index (χ3v) is 13.2. The van der Waals surface area contributed by atoms with E-state index in [0.717, 1.165) is 0 Å². The molecule has 3 N–H and O–H groups in total. The van der Waals surface area contributed by atoms with Gasteiger partial charge < -0.3 is 43.7 Å². The fourth-order valence-electron chi connectivity index (χ4n) is 12.4. The van der Waals surface area contributed by atoms with Crippen LogP contribution in [0.25, 0.3) is 0 Å². The van der Waals surface area contributed by atoms with Gasteiger partial charge in [0.25, 0.3) is 0 Å². The smallest absolute Gasteiger partial charge is 0.338 e. The first-order chi connectivity index (χ1) is 21.6. The number of likely N-dealkylation sites (tertiary alicyclic amines) is 1. The standard InChI is InChI=1S/C34H49NO10/c1-7-35-16-31(17-40-3)20(36)14-21(41-4)33-19-15-32(39)28(45-30(38)18-12-10-9-11-13-18)22(19)34(44-8-2,27(37)29(32)43-6)23(26(33)35)24(42-5)25(31)33/h9-13,19-29,36-37,39H,7-8,14-17H2,1-6H3/t19-,20-,21+,22-,23+,24+,25-,26-,27+,28-,29+,31+,32-,33+,34-/m1/s1. The van der Waals surface area contributed by atoms with E-state index in [0.29, 0.717) is 31.7 Å². The summed E-state index contributed by atoms with van der Waals surface area (Å²) >= 11 is 0. The molecule has 0 aromatic heterocycles. The van der Waals surface area contributed by atoms with Crippen molar-refractivity contribution in [2.24, 2.45) is 34.5 Å². The van der Waals surface area contributed by atoms with Crippen molar-refractivity contribution in [2.75, 3.05) is 54.7 Å². The van der Waals surface area contributed by atoms with Gasteiger partial charge in [0.05, 0.1) is 30.5 Å². The summed E-state index contributed by atoms with van der Waals surface area (Å²) in [6.07, 6.45) is -4.41. The molecule has 1 aromatic carbocycles. The summed E-state index contributed by atoms with van der Waals surface area (Å²) in [5.41, 5.74) is -4.00. The Morgan fingerprint density at radius 1 is 1.00 bits per heavy atom. The second-order valence-electron chi connectivity index (χ2n) is 14.3. The summed E-state index contributed by atoms with van der Waals surface area (Å²) in [5, 5.41) is 37.3. The third kappa shape index (κ3) is 3.60. The maximum absolute atomic E-state index is 13.8. The summed E-state index contributed by atoms with van der Waals surface area (Å²) in [4.78, 5) is 16.2. The van der Waals surface area contributed by atoms with Crippen LogP contribution in [0.2, 0.25) is 0 Å². The SMILES string of the molecule is CCO[C@]12[C@H]3[C@@H](OC(=O)c4ccccc4)[C@](O)(C[C@H]3[C@@]34[C@@H](OC)C[C@@H](O)[C@@]5(COC)CN(CC)[C@@H]3[C@@H]1[C@H](OC)[C@H]54)[C@@H](OC)[C@@H]2O. The number of fused-ring (bicyclic) bond motifs is 2. The Balaban J connectivity index is 1.51. The number of nitrogens with zero attached hydrogens (tertiary/aromatic N) is 1. The van der Waals surface area contributed by atoms with E-state index in [9.17, 15) is 20.1 Å². The number of methoxy groups -OCH3 is 4. The Labute approximate surface area is 265 Å². The zero-order valence-electron chi connectivity index (χ0n) is 27.1. The molecule has 6 fully saturated rings. The molecule has 7 rings (SSSR count). The average Bonchev–Trinajstić information content (AvgIpc) is 3.41. The highest BCUT2D eigenvalue weighted by Gasteiger charge is 2.91.